The van der Waals surface area contributed by atoms with Gasteiger partial charge < -0.3 is 4.74 Å². The van der Waals surface area contributed by atoms with Gasteiger partial charge in [0.05, 0.1) is 9.90 Å². The fraction of sp³-hybridized carbons (Fsp3) is 0.182. The summed E-state index contributed by atoms with van der Waals surface area (Å²) in [6.45, 7) is 2.29. The van der Waals surface area contributed by atoms with Crippen molar-refractivity contribution in [1.29, 1.82) is 0 Å². The van der Waals surface area contributed by atoms with Crippen molar-refractivity contribution in [3.8, 4) is 16.2 Å². The monoisotopic (exact) mass is 442 g/mol. The highest BCUT2D eigenvalue weighted by Crippen LogP contribution is 2.41. The molecule has 0 radical (unpaired) electrons. The summed E-state index contributed by atoms with van der Waals surface area (Å²) >= 11 is 9.49. The number of nitrogens with one attached hydrogen (secondary N) is 1. The van der Waals surface area contributed by atoms with Crippen LogP contribution in [-0.2, 0) is 6.42 Å². The van der Waals surface area contributed by atoms with E-state index < -0.39 is 0 Å². The summed E-state index contributed by atoms with van der Waals surface area (Å²) in [5.74, 6) is 0.847. The molecule has 4 nitrogen and oxygen atoms in total. The summed E-state index contributed by atoms with van der Waals surface area (Å²) in [7, 11) is 0. The minimum absolute atomic E-state index is 0.0353. The van der Waals surface area contributed by atoms with Gasteiger partial charge in [-0.1, -0.05) is 29.6 Å². The number of hydrogen-bond acceptors (Lipinski definition) is 6. The predicted molar refractivity (Wildman–Crippen MR) is 122 cm³/mol. The summed E-state index contributed by atoms with van der Waals surface area (Å²) in [6.07, 6.45) is 6.42. The molecule has 1 aliphatic heterocycles. The minimum atomic E-state index is 0.0353. The molecule has 4 rings (SSSR count). The Morgan fingerprint density at radius 3 is 3.07 bits per heavy atom. The van der Waals surface area contributed by atoms with E-state index in [1.165, 1.54) is 23.3 Å². The van der Waals surface area contributed by atoms with E-state index in [1.807, 2.05) is 48.0 Å². The van der Waals surface area contributed by atoms with Crippen LogP contribution in [0.3, 0.4) is 0 Å². The van der Waals surface area contributed by atoms with Gasteiger partial charge >= 0.3 is 0 Å². The van der Waals surface area contributed by atoms with Gasteiger partial charge in [0, 0.05) is 35.8 Å². The lowest BCUT2D eigenvalue weighted by atomic mass is 10.1. The zero-order valence-corrected chi connectivity index (χ0v) is 18.1. The zero-order chi connectivity index (χ0) is 20.2. The Balaban J connectivity index is 1.36. The van der Waals surface area contributed by atoms with E-state index in [2.05, 4.69) is 15.8 Å². The van der Waals surface area contributed by atoms with Crippen LogP contribution in [0.2, 0.25) is 5.02 Å². The largest absolute Gasteiger partial charge is 0.487 e. The van der Waals surface area contributed by atoms with Crippen molar-refractivity contribution in [2.75, 3.05) is 6.54 Å². The van der Waals surface area contributed by atoms with E-state index in [4.69, 9.17) is 16.3 Å². The lowest BCUT2D eigenvalue weighted by Crippen LogP contribution is -2.25. The number of fused-ring (bicyclic) bond motifs is 1. The highest BCUT2D eigenvalue weighted by Gasteiger charge is 2.26. The number of nitrogens with zero attached hydrogens (tertiary/aromatic N) is 1. The Morgan fingerprint density at radius 1 is 1.41 bits per heavy atom. The van der Waals surface area contributed by atoms with E-state index in [0.29, 0.717) is 11.6 Å². The van der Waals surface area contributed by atoms with Crippen LogP contribution in [-0.4, -0.2) is 23.4 Å². The van der Waals surface area contributed by atoms with Crippen molar-refractivity contribution >= 4 is 46.7 Å². The molecule has 7 heteroatoms. The third kappa shape index (κ3) is 4.90. The number of rotatable bonds is 7. The first-order chi connectivity index (χ1) is 14.1. The maximum absolute atomic E-state index is 11.6. The average Bonchev–Trinajstić information content (AvgIpc) is 3.36. The van der Waals surface area contributed by atoms with Gasteiger partial charge in [-0.15, -0.1) is 11.3 Å². The molecule has 0 amide bonds. The lowest BCUT2D eigenvalue weighted by Gasteiger charge is -2.10. The molecule has 29 heavy (non-hydrogen) atoms. The van der Waals surface area contributed by atoms with Crippen LogP contribution in [0.1, 0.15) is 27.7 Å². The van der Waals surface area contributed by atoms with E-state index >= 15 is 0 Å². The number of Topliss-reactive ketones (excluding diaryl/α,β-unsaturated/α-hetero) is 1. The van der Waals surface area contributed by atoms with Crippen LogP contribution in [0.15, 0.2) is 54.2 Å². The SMILES string of the molecule is CC(=O)c1ccc(-c2cc(Cl)c3c(c2)CC(CNS/C=C/c2cccnc2)O3)s1. The molecule has 1 unspecified atom stereocenters. The molecule has 2 aromatic heterocycles. The first-order valence-electron chi connectivity index (χ1n) is 9.15. The summed E-state index contributed by atoms with van der Waals surface area (Å²) < 4.78 is 9.36. The summed E-state index contributed by atoms with van der Waals surface area (Å²) in [6, 6.07) is 11.8. The Kier molecular flexibility index (Phi) is 6.35. The van der Waals surface area contributed by atoms with Crippen molar-refractivity contribution < 1.29 is 9.53 Å². The van der Waals surface area contributed by atoms with E-state index in [-0.39, 0.29) is 11.9 Å². The number of carbonyl (C=O) groups is 1. The number of carbonyl (C=O) groups excluding carboxylic acids is 1. The van der Waals surface area contributed by atoms with Gasteiger partial charge in [0.1, 0.15) is 11.9 Å². The van der Waals surface area contributed by atoms with Crippen LogP contribution >= 0.6 is 34.9 Å². The second-order valence-electron chi connectivity index (χ2n) is 6.67. The average molecular weight is 443 g/mol. The molecule has 3 heterocycles. The second kappa shape index (κ2) is 9.13. The number of ether oxygens (including phenoxy) is 1. The Morgan fingerprint density at radius 2 is 2.31 bits per heavy atom. The fourth-order valence-electron chi connectivity index (χ4n) is 3.10. The van der Waals surface area contributed by atoms with E-state index in [1.54, 1.807) is 13.1 Å². The van der Waals surface area contributed by atoms with Crippen LogP contribution < -0.4 is 9.46 Å². The maximum atomic E-state index is 11.6. The van der Waals surface area contributed by atoms with Crippen LogP contribution in [0, 0.1) is 0 Å². The first-order valence-corrected chi connectivity index (χ1v) is 11.2. The maximum Gasteiger partial charge on any atom is 0.169 e. The zero-order valence-electron chi connectivity index (χ0n) is 15.7. The second-order valence-corrected chi connectivity index (χ2v) is 8.95. The highest BCUT2D eigenvalue weighted by molar-refractivity contribution is 8.00. The predicted octanol–water partition coefficient (Wildman–Crippen LogP) is 5.88. The molecule has 148 valence electrons. The minimum Gasteiger partial charge on any atom is -0.487 e. The quantitative estimate of drug-likeness (QED) is 0.281. The van der Waals surface area contributed by atoms with Crippen molar-refractivity contribution in [3.05, 3.63) is 75.2 Å². The molecule has 0 fully saturated rings. The van der Waals surface area contributed by atoms with Crippen molar-refractivity contribution in [3.63, 3.8) is 0 Å². The van der Waals surface area contributed by atoms with Crippen LogP contribution in [0.5, 0.6) is 5.75 Å². The molecule has 3 aromatic rings. The van der Waals surface area contributed by atoms with Crippen molar-refractivity contribution in [2.24, 2.45) is 0 Å². The molecule has 0 spiro atoms. The summed E-state index contributed by atoms with van der Waals surface area (Å²) in [4.78, 5) is 17.4. The van der Waals surface area contributed by atoms with Crippen molar-refractivity contribution in [2.45, 2.75) is 19.4 Å². The van der Waals surface area contributed by atoms with Gasteiger partial charge in [0.2, 0.25) is 0 Å². The number of thiophene rings is 1. The van der Waals surface area contributed by atoms with Gasteiger partial charge in [-0.05, 0) is 59.9 Å². The van der Waals surface area contributed by atoms with Crippen molar-refractivity contribution in [1.82, 2.24) is 9.71 Å². The number of pyridine rings is 1. The van der Waals surface area contributed by atoms with Gasteiger partial charge in [0.25, 0.3) is 0 Å². The van der Waals surface area contributed by atoms with Gasteiger partial charge in [-0.3, -0.25) is 14.5 Å². The van der Waals surface area contributed by atoms with Crippen LogP contribution in [0.25, 0.3) is 16.5 Å². The third-order valence-corrected chi connectivity index (χ3v) is 6.62. The molecule has 0 saturated heterocycles. The first kappa shape index (κ1) is 20.2. The standard InChI is InChI=1S/C22H19ClN2O2S2/c1-14(26)20-4-5-21(29-20)16-9-17-10-18(27-22(17)19(23)11-16)13-25-28-8-6-15-3-2-7-24-12-15/h2-9,11-12,18,25H,10,13H2,1H3/b8-6+. The van der Waals surface area contributed by atoms with Gasteiger partial charge in [-0.2, -0.15) is 0 Å². The molecular formula is C22H19ClN2O2S2. The molecule has 1 aliphatic rings. The topological polar surface area (TPSA) is 51.2 Å². The highest BCUT2D eigenvalue weighted by atomic mass is 35.5. The Bertz CT molecular complexity index is 1050. The molecule has 1 aromatic carbocycles. The number of halogens is 1. The molecule has 1 atom stereocenters. The lowest BCUT2D eigenvalue weighted by molar-refractivity contribution is 0.102. The number of aromatic nitrogens is 1. The van der Waals surface area contributed by atoms with E-state index in [0.717, 1.165) is 38.6 Å². The number of benzene rings is 1. The smallest absolute Gasteiger partial charge is 0.169 e. The molecule has 1 N–H and O–H groups in total. The molecule has 0 aliphatic carbocycles. The molecule has 0 bridgehead atoms. The van der Waals surface area contributed by atoms with Gasteiger partial charge in [-0.25, -0.2) is 0 Å². The summed E-state index contributed by atoms with van der Waals surface area (Å²) in [5, 5.41) is 2.61. The molecular weight excluding hydrogens is 424 g/mol. The number of hydrogen-bond donors (Lipinski definition) is 1. The van der Waals surface area contributed by atoms with Gasteiger partial charge in [0.15, 0.2) is 5.78 Å². The number of ketones is 1. The third-order valence-electron chi connectivity index (χ3n) is 4.50. The fourth-order valence-corrected chi connectivity index (χ4v) is 4.88. The van der Waals surface area contributed by atoms with Crippen LogP contribution in [0.4, 0.5) is 0 Å². The molecule has 0 saturated carbocycles. The Labute approximate surface area is 183 Å². The summed E-state index contributed by atoms with van der Waals surface area (Å²) in [5.41, 5.74) is 3.19. The Hall–Kier alpha value is -2.12. The van der Waals surface area contributed by atoms with E-state index in [9.17, 15) is 4.79 Å². The normalized spacial score (nSPS) is 15.4.